The molecule has 2 rings (SSSR count). The van der Waals surface area contributed by atoms with Crippen molar-refractivity contribution in [3.8, 4) is 16.9 Å². The summed E-state index contributed by atoms with van der Waals surface area (Å²) in [5.74, 6) is -1.74. The smallest absolute Gasteiger partial charge is 0.167 e. The van der Waals surface area contributed by atoms with Gasteiger partial charge in [0.15, 0.2) is 11.6 Å². The van der Waals surface area contributed by atoms with Crippen LogP contribution >= 0.6 is 0 Å². The Hall–Kier alpha value is -3.99. The fourth-order valence-electron chi connectivity index (χ4n) is 2.86. The second kappa shape index (κ2) is 12.3. The molecule has 0 saturated heterocycles. The second-order valence-electron chi connectivity index (χ2n) is 7.20. The van der Waals surface area contributed by atoms with E-state index >= 15 is 0 Å². The number of hydrogen-bond donors (Lipinski definition) is 0. The van der Waals surface area contributed by atoms with Crippen molar-refractivity contribution >= 4 is 6.08 Å². The Labute approximate surface area is 199 Å². The minimum atomic E-state index is -0.971. The van der Waals surface area contributed by atoms with E-state index in [9.17, 15) is 13.2 Å². The molecular formula is C29H27F3O2. The predicted octanol–water partition coefficient (Wildman–Crippen LogP) is 8.28. The molecule has 0 aliphatic carbocycles. The summed E-state index contributed by atoms with van der Waals surface area (Å²) in [5, 5.41) is 0. The first kappa shape index (κ1) is 26.3. The number of ether oxygens (including phenoxy) is 2. The van der Waals surface area contributed by atoms with Crippen LogP contribution in [0.5, 0.6) is 5.75 Å². The predicted molar refractivity (Wildman–Crippen MR) is 134 cm³/mol. The lowest BCUT2D eigenvalue weighted by molar-refractivity contribution is 0.243. The zero-order chi connectivity index (χ0) is 25.3. The summed E-state index contributed by atoms with van der Waals surface area (Å²) >= 11 is 0. The summed E-state index contributed by atoms with van der Waals surface area (Å²) in [7, 11) is 1.53. The Morgan fingerprint density at radius 2 is 1.59 bits per heavy atom. The molecule has 0 spiro atoms. The maximum absolute atomic E-state index is 14.7. The van der Waals surface area contributed by atoms with Crippen molar-refractivity contribution in [3.05, 3.63) is 133 Å². The van der Waals surface area contributed by atoms with Crippen molar-refractivity contribution in [2.24, 2.45) is 0 Å². The molecule has 0 heterocycles. The van der Waals surface area contributed by atoms with Crippen molar-refractivity contribution in [2.75, 3.05) is 13.7 Å². The van der Waals surface area contributed by atoms with E-state index in [1.54, 1.807) is 37.3 Å². The molecule has 0 aliphatic rings. The van der Waals surface area contributed by atoms with Gasteiger partial charge < -0.3 is 9.47 Å². The molecule has 2 aromatic rings. The normalized spacial score (nSPS) is 11.6. The van der Waals surface area contributed by atoms with Gasteiger partial charge in [0.2, 0.25) is 0 Å². The molecular weight excluding hydrogens is 437 g/mol. The highest BCUT2D eigenvalue weighted by atomic mass is 19.2. The molecule has 0 saturated carbocycles. The van der Waals surface area contributed by atoms with Crippen LogP contribution in [0, 0.1) is 11.6 Å². The lowest BCUT2D eigenvalue weighted by Crippen LogP contribution is -1.93. The summed E-state index contributed by atoms with van der Waals surface area (Å²) in [6.45, 7) is 17.0. The Kier molecular flexibility index (Phi) is 9.50. The van der Waals surface area contributed by atoms with Crippen molar-refractivity contribution in [1.29, 1.82) is 0 Å². The van der Waals surface area contributed by atoms with Crippen LogP contribution in [0.2, 0.25) is 0 Å². The first-order valence-corrected chi connectivity index (χ1v) is 10.4. The third-order valence-electron chi connectivity index (χ3n) is 4.78. The monoisotopic (exact) mass is 464 g/mol. The molecule has 176 valence electrons. The topological polar surface area (TPSA) is 18.5 Å². The van der Waals surface area contributed by atoms with Gasteiger partial charge in [0.25, 0.3) is 0 Å². The van der Waals surface area contributed by atoms with E-state index in [1.165, 1.54) is 37.5 Å². The molecule has 0 unspecified atom stereocenters. The van der Waals surface area contributed by atoms with E-state index < -0.39 is 17.5 Å². The van der Waals surface area contributed by atoms with E-state index in [4.69, 9.17) is 9.47 Å². The molecule has 0 atom stereocenters. The van der Waals surface area contributed by atoms with Gasteiger partial charge in [0, 0.05) is 22.8 Å². The van der Waals surface area contributed by atoms with Crippen LogP contribution in [-0.4, -0.2) is 13.7 Å². The molecule has 0 N–H and O–H groups in total. The minimum Gasteiger partial charge on any atom is -0.497 e. The maximum Gasteiger partial charge on any atom is 0.167 e. The summed E-state index contributed by atoms with van der Waals surface area (Å²) in [6.07, 6.45) is 7.14. The van der Waals surface area contributed by atoms with Gasteiger partial charge in [0.05, 0.1) is 13.7 Å². The Morgan fingerprint density at radius 3 is 2.21 bits per heavy atom. The average molecular weight is 465 g/mol. The highest BCUT2D eigenvalue weighted by Gasteiger charge is 2.13. The molecule has 0 bridgehead atoms. The van der Waals surface area contributed by atoms with E-state index in [-0.39, 0.29) is 22.5 Å². The van der Waals surface area contributed by atoms with Gasteiger partial charge in [-0.2, -0.15) is 0 Å². The van der Waals surface area contributed by atoms with Gasteiger partial charge in [-0.25, -0.2) is 13.2 Å². The fourth-order valence-corrected chi connectivity index (χ4v) is 2.86. The summed E-state index contributed by atoms with van der Waals surface area (Å²) in [5.41, 5.74) is 1.59. The highest BCUT2D eigenvalue weighted by molar-refractivity contribution is 5.68. The van der Waals surface area contributed by atoms with Crippen molar-refractivity contribution in [1.82, 2.24) is 0 Å². The van der Waals surface area contributed by atoms with E-state index in [1.807, 2.05) is 0 Å². The third kappa shape index (κ3) is 7.01. The molecule has 0 fully saturated rings. The van der Waals surface area contributed by atoms with Crippen LogP contribution in [-0.2, 0) is 4.74 Å². The quantitative estimate of drug-likeness (QED) is 0.246. The van der Waals surface area contributed by atoms with Crippen LogP contribution in [0.15, 0.2) is 115 Å². The molecule has 2 nitrogen and oxygen atoms in total. The number of methoxy groups -OCH3 is 1. The van der Waals surface area contributed by atoms with Crippen molar-refractivity contribution < 1.29 is 22.6 Å². The number of rotatable bonds is 11. The first-order valence-electron chi connectivity index (χ1n) is 10.4. The van der Waals surface area contributed by atoms with Crippen LogP contribution in [0.3, 0.4) is 0 Å². The van der Waals surface area contributed by atoms with Gasteiger partial charge in [-0.1, -0.05) is 74.9 Å². The number of halogens is 3. The van der Waals surface area contributed by atoms with Gasteiger partial charge in [0.1, 0.15) is 17.3 Å². The molecule has 2 aromatic carbocycles. The van der Waals surface area contributed by atoms with E-state index in [2.05, 4.69) is 26.3 Å². The maximum atomic E-state index is 14.7. The summed E-state index contributed by atoms with van der Waals surface area (Å²) in [6, 6.07) is 9.66. The molecule has 0 amide bonds. The number of hydrogen-bond acceptors (Lipinski definition) is 2. The third-order valence-corrected chi connectivity index (χ3v) is 4.78. The summed E-state index contributed by atoms with van der Waals surface area (Å²) < 4.78 is 53.7. The SMILES string of the molecule is C=C(/C=C\C(=C)C(=C)/C(F)=C\C(=C)OCC)/C=C/c1ccc(-c2ccc(OC)cc2)c(F)c1F. The molecule has 0 aromatic heterocycles. The van der Waals surface area contributed by atoms with E-state index in [0.717, 1.165) is 6.08 Å². The fraction of sp³-hybridized carbons (Fsp3) is 0.103. The van der Waals surface area contributed by atoms with Gasteiger partial charge in [-0.15, -0.1) is 0 Å². The van der Waals surface area contributed by atoms with Crippen LogP contribution in [0.25, 0.3) is 17.2 Å². The largest absolute Gasteiger partial charge is 0.497 e. The number of allylic oxidation sites excluding steroid dienone is 8. The van der Waals surface area contributed by atoms with Gasteiger partial charge in [-0.05, 0) is 35.8 Å². The zero-order valence-electron chi connectivity index (χ0n) is 19.3. The van der Waals surface area contributed by atoms with Gasteiger partial charge >= 0.3 is 0 Å². The zero-order valence-corrected chi connectivity index (χ0v) is 19.3. The lowest BCUT2D eigenvalue weighted by atomic mass is 10.0. The molecule has 5 heteroatoms. The number of benzene rings is 2. The van der Waals surface area contributed by atoms with Crippen molar-refractivity contribution in [2.45, 2.75) is 6.92 Å². The highest BCUT2D eigenvalue weighted by Crippen LogP contribution is 2.28. The molecule has 0 aliphatic heterocycles. The Balaban J connectivity index is 2.09. The Morgan fingerprint density at radius 1 is 0.912 bits per heavy atom. The lowest BCUT2D eigenvalue weighted by Gasteiger charge is -2.08. The van der Waals surface area contributed by atoms with Gasteiger partial charge in [-0.3, -0.25) is 0 Å². The second-order valence-corrected chi connectivity index (χ2v) is 7.20. The average Bonchev–Trinajstić information content (AvgIpc) is 2.83. The standard InChI is InChI=1S/C29H27F3O2/c1-7-34-21(4)18-27(30)22(5)20(3)10-8-19(2)9-11-24-14-17-26(29(32)28(24)31)23-12-15-25(33-6)16-13-23/h8-18H,2-5,7H2,1,6H3/b10-8-,11-9+,27-18+. The molecule has 0 radical (unpaired) electrons. The minimum absolute atomic E-state index is 0.0657. The first-order chi connectivity index (χ1) is 16.2. The molecule has 34 heavy (non-hydrogen) atoms. The van der Waals surface area contributed by atoms with Crippen LogP contribution in [0.1, 0.15) is 12.5 Å². The van der Waals surface area contributed by atoms with Crippen molar-refractivity contribution in [3.63, 3.8) is 0 Å². The van der Waals surface area contributed by atoms with Crippen LogP contribution < -0.4 is 4.74 Å². The Bertz CT molecular complexity index is 1180. The van der Waals surface area contributed by atoms with Crippen LogP contribution in [0.4, 0.5) is 13.2 Å². The van der Waals surface area contributed by atoms with E-state index in [0.29, 0.717) is 29.1 Å². The summed E-state index contributed by atoms with van der Waals surface area (Å²) in [4.78, 5) is 0.